The number of likely N-dealkylation sites (tertiary alicyclic amines) is 1. The van der Waals surface area contributed by atoms with E-state index in [2.05, 4.69) is 51.2 Å². The van der Waals surface area contributed by atoms with Gasteiger partial charge in [0.2, 0.25) is 0 Å². The number of nitrogens with zero attached hydrogens (tertiary/aromatic N) is 5. The first-order valence-electron chi connectivity index (χ1n) is 8.80. The Kier molecular flexibility index (Phi) is 7.32. The van der Waals surface area contributed by atoms with Gasteiger partial charge in [-0.2, -0.15) is 0 Å². The summed E-state index contributed by atoms with van der Waals surface area (Å²) in [5.41, 5.74) is 0. The van der Waals surface area contributed by atoms with E-state index in [4.69, 9.17) is 4.99 Å². The Morgan fingerprint density at radius 1 is 1.30 bits per heavy atom. The van der Waals surface area contributed by atoms with Gasteiger partial charge in [-0.25, -0.2) is 0 Å². The molecule has 7 nitrogen and oxygen atoms in total. The van der Waals surface area contributed by atoms with Crippen molar-refractivity contribution in [1.29, 1.82) is 0 Å². The number of piperidine rings is 1. The van der Waals surface area contributed by atoms with Crippen molar-refractivity contribution in [1.82, 2.24) is 30.3 Å². The summed E-state index contributed by atoms with van der Waals surface area (Å²) in [4.78, 5) is 7.16. The van der Waals surface area contributed by atoms with Crippen molar-refractivity contribution < 1.29 is 0 Å². The molecule has 1 aromatic heterocycles. The van der Waals surface area contributed by atoms with E-state index in [1.165, 1.54) is 25.9 Å². The quantitative estimate of drug-likeness (QED) is 0.572. The Bertz CT molecular complexity index is 475. The first-order chi connectivity index (χ1) is 11.2. The minimum atomic E-state index is 0.714. The van der Waals surface area contributed by atoms with Crippen molar-refractivity contribution in [3.63, 3.8) is 0 Å². The third-order valence-electron chi connectivity index (χ3n) is 4.35. The molecule has 0 spiro atoms. The van der Waals surface area contributed by atoms with Crippen LogP contribution < -0.4 is 10.6 Å². The number of hydrogen-bond acceptors (Lipinski definition) is 4. The molecular weight excluding hydrogens is 290 g/mol. The topological polar surface area (TPSA) is 70.4 Å². The number of rotatable bonds is 7. The lowest BCUT2D eigenvalue weighted by atomic mass is 9.97. The predicted molar refractivity (Wildman–Crippen MR) is 93.6 cm³/mol. The number of guanidine groups is 1. The van der Waals surface area contributed by atoms with Crippen LogP contribution in [-0.2, 0) is 13.0 Å². The van der Waals surface area contributed by atoms with Gasteiger partial charge in [-0.15, -0.1) is 10.2 Å². The van der Waals surface area contributed by atoms with Gasteiger partial charge in [0.1, 0.15) is 12.2 Å². The van der Waals surface area contributed by atoms with Crippen molar-refractivity contribution in [3.8, 4) is 0 Å². The molecule has 1 saturated heterocycles. The lowest BCUT2D eigenvalue weighted by Gasteiger charge is -2.28. The molecule has 1 fully saturated rings. The standard InChI is InChI=1S/C16H31N7/c1-4-15-21-20-13-23(15)11-8-18-16(17-5-2)19-12-14-6-9-22(3)10-7-14/h13-14H,4-12H2,1-3H3,(H2,17,18,19). The number of aromatic nitrogens is 3. The highest BCUT2D eigenvalue weighted by Gasteiger charge is 2.16. The Hall–Kier alpha value is -1.63. The van der Waals surface area contributed by atoms with E-state index in [0.29, 0.717) is 5.92 Å². The molecule has 0 atom stereocenters. The van der Waals surface area contributed by atoms with Crippen LogP contribution in [0.5, 0.6) is 0 Å². The van der Waals surface area contributed by atoms with Crippen LogP contribution in [0.3, 0.4) is 0 Å². The fraction of sp³-hybridized carbons (Fsp3) is 0.812. The van der Waals surface area contributed by atoms with Crippen LogP contribution in [0.1, 0.15) is 32.5 Å². The van der Waals surface area contributed by atoms with Gasteiger partial charge in [-0.3, -0.25) is 4.99 Å². The zero-order valence-electron chi connectivity index (χ0n) is 14.8. The van der Waals surface area contributed by atoms with Crippen LogP contribution in [0.15, 0.2) is 11.3 Å². The summed E-state index contributed by atoms with van der Waals surface area (Å²) in [6.07, 6.45) is 5.20. The summed E-state index contributed by atoms with van der Waals surface area (Å²) in [5, 5.41) is 14.8. The largest absolute Gasteiger partial charge is 0.357 e. The molecule has 0 saturated carbocycles. The fourth-order valence-electron chi connectivity index (χ4n) is 2.84. The maximum Gasteiger partial charge on any atom is 0.191 e. The first kappa shape index (κ1) is 17.7. The lowest BCUT2D eigenvalue weighted by molar-refractivity contribution is 0.223. The van der Waals surface area contributed by atoms with E-state index in [0.717, 1.165) is 44.4 Å². The zero-order chi connectivity index (χ0) is 16.5. The minimum Gasteiger partial charge on any atom is -0.357 e. The Morgan fingerprint density at radius 3 is 2.78 bits per heavy atom. The third-order valence-corrected chi connectivity index (χ3v) is 4.35. The van der Waals surface area contributed by atoms with Crippen molar-refractivity contribution in [2.24, 2.45) is 10.9 Å². The number of aliphatic imine (C=N–C) groups is 1. The summed E-state index contributed by atoms with van der Waals surface area (Å²) in [6.45, 7) is 10.1. The lowest BCUT2D eigenvalue weighted by Crippen LogP contribution is -2.39. The molecule has 1 aliphatic rings. The molecule has 0 bridgehead atoms. The number of hydrogen-bond donors (Lipinski definition) is 2. The second-order valence-electron chi connectivity index (χ2n) is 6.19. The van der Waals surface area contributed by atoms with Crippen LogP contribution in [0, 0.1) is 5.92 Å². The first-order valence-corrected chi connectivity index (χ1v) is 8.80. The molecule has 2 N–H and O–H groups in total. The summed E-state index contributed by atoms with van der Waals surface area (Å²) in [6, 6.07) is 0. The number of aryl methyl sites for hydroxylation is 1. The van der Waals surface area contributed by atoms with Gasteiger partial charge in [0.05, 0.1) is 0 Å². The monoisotopic (exact) mass is 321 g/mol. The Labute approximate surface area is 139 Å². The van der Waals surface area contributed by atoms with E-state index in [1.807, 2.05) is 0 Å². The average molecular weight is 321 g/mol. The van der Waals surface area contributed by atoms with Crippen molar-refractivity contribution >= 4 is 5.96 Å². The van der Waals surface area contributed by atoms with Gasteiger partial charge in [0.25, 0.3) is 0 Å². The van der Waals surface area contributed by atoms with Crippen molar-refractivity contribution in [2.45, 2.75) is 39.7 Å². The van der Waals surface area contributed by atoms with Crippen LogP contribution in [-0.4, -0.2) is 65.4 Å². The van der Waals surface area contributed by atoms with E-state index in [-0.39, 0.29) is 0 Å². The molecule has 0 radical (unpaired) electrons. The minimum absolute atomic E-state index is 0.714. The normalized spacial score (nSPS) is 17.4. The Balaban J connectivity index is 1.77. The van der Waals surface area contributed by atoms with E-state index in [9.17, 15) is 0 Å². The highest BCUT2D eigenvalue weighted by atomic mass is 15.3. The van der Waals surface area contributed by atoms with E-state index < -0.39 is 0 Å². The van der Waals surface area contributed by atoms with Crippen LogP contribution >= 0.6 is 0 Å². The second-order valence-corrected chi connectivity index (χ2v) is 6.19. The van der Waals surface area contributed by atoms with Gasteiger partial charge in [-0.05, 0) is 45.8 Å². The molecule has 1 aliphatic heterocycles. The third kappa shape index (κ3) is 5.82. The summed E-state index contributed by atoms with van der Waals surface area (Å²) in [5.74, 6) is 2.66. The van der Waals surface area contributed by atoms with Crippen LogP contribution in [0.2, 0.25) is 0 Å². The van der Waals surface area contributed by atoms with E-state index >= 15 is 0 Å². The molecular formula is C16H31N7. The van der Waals surface area contributed by atoms with Crippen molar-refractivity contribution in [3.05, 3.63) is 12.2 Å². The van der Waals surface area contributed by atoms with Gasteiger partial charge in [-0.1, -0.05) is 6.92 Å². The van der Waals surface area contributed by atoms with Gasteiger partial charge in [0.15, 0.2) is 5.96 Å². The van der Waals surface area contributed by atoms with Gasteiger partial charge >= 0.3 is 0 Å². The van der Waals surface area contributed by atoms with Crippen LogP contribution in [0.25, 0.3) is 0 Å². The molecule has 0 aliphatic carbocycles. The average Bonchev–Trinajstić information content (AvgIpc) is 3.01. The molecule has 7 heteroatoms. The maximum absolute atomic E-state index is 4.76. The van der Waals surface area contributed by atoms with Crippen LogP contribution in [0.4, 0.5) is 0 Å². The molecule has 130 valence electrons. The Morgan fingerprint density at radius 2 is 2.09 bits per heavy atom. The molecule has 2 heterocycles. The zero-order valence-corrected chi connectivity index (χ0v) is 14.8. The molecule has 0 unspecified atom stereocenters. The molecule has 23 heavy (non-hydrogen) atoms. The molecule has 0 aromatic carbocycles. The SMILES string of the molecule is CCNC(=NCC1CCN(C)CC1)NCCn1cnnc1CC. The summed E-state index contributed by atoms with van der Waals surface area (Å²) in [7, 11) is 2.20. The molecule has 1 aromatic rings. The van der Waals surface area contributed by atoms with E-state index in [1.54, 1.807) is 6.33 Å². The molecule has 0 amide bonds. The predicted octanol–water partition coefficient (Wildman–Crippen LogP) is 0.737. The number of nitrogens with one attached hydrogen (secondary N) is 2. The highest BCUT2D eigenvalue weighted by molar-refractivity contribution is 5.79. The fourth-order valence-corrected chi connectivity index (χ4v) is 2.84. The maximum atomic E-state index is 4.76. The summed E-state index contributed by atoms with van der Waals surface area (Å²) < 4.78 is 2.09. The van der Waals surface area contributed by atoms with Crippen molar-refractivity contribution in [2.75, 3.05) is 39.8 Å². The van der Waals surface area contributed by atoms with Gasteiger partial charge in [0, 0.05) is 32.6 Å². The molecule has 2 rings (SSSR count). The smallest absolute Gasteiger partial charge is 0.191 e. The van der Waals surface area contributed by atoms with Gasteiger partial charge < -0.3 is 20.1 Å². The highest BCUT2D eigenvalue weighted by Crippen LogP contribution is 2.15. The summed E-state index contributed by atoms with van der Waals surface area (Å²) >= 11 is 0. The second kappa shape index (κ2) is 9.50.